The first-order valence-electron chi connectivity index (χ1n) is 8.40. The van der Waals surface area contributed by atoms with Crippen LogP contribution in [0.1, 0.15) is 26.7 Å². The number of piperidine rings is 1. The summed E-state index contributed by atoms with van der Waals surface area (Å²) in [5.41, 5.74) is 2.24. The van der Waals surface area contributed by atoms with E-state index in [1.54, 1.807) is 0 Å². The molecule has 0 radical (unpaired) electrons. The van der Waals surface area contributed by atoms with Crippen molar-refractivity contribution in [2.45, 2.75) is 38.9 Å². The average molecular weight is 313 g/mol. The second kappa shape index (κ2) is 11.0. The molecule has 0 aromatic carbocycles. The maximum atomic E-state index is 6.51. The Morgan fingerprint density at radius 1 is 1.00 bits per heavy atom. The fourth-order valence-corrected chi connectivity index (χ4v) is 2.78. The molecule has 126 valence electrons. The maximum absolute atomic E-state index is 6.51. The van der Waals surface area contributed by atoms with Crippen molar-refractivity contribution in [2.24, 2.45) is 0 Å². The van der Waals surface area contributed by atoms with E-state index in [1.807, 2.05) is 50.3 Å². The third-order valence-corrected chi connectivity index (χ3v) is 3.94. The number of likely N-dealkylation sites (tertiary alicyclic amines) is 1. The summed E-state index contributed by atoms with van der Waals surface area (Å²) >= 11 is 0. The highest BCUT2D eigenvalue weighted by Crippen LogP contribution is 2.25. The Morgan fingerprint density at radius 3 is 1.87 bits per heavy atom. The molecule has 0 amide bonds. The molecule has 0 bridgehead atoms. The molecule has 0 aliphatic carbocycles. The zero-order valence-electron chi connectivity index (χ0n) is 14.9. The van der Waals surface area contributed by atoms with Crippen molar-refractivity contribution >= 4 is 0 Å². The molecule has 2 nitrogen and oxygen atoms in total. The highest BCUT2D eigenvalue weighted by Gasteiger charge is 2.24. The van der Waals surface area contributed by atoms with Crippen LogP contribution in [0.25, 0.3) is 0 Å². The normalized spacial score (nSPS) is 20.3. The molecule has 0 atom stereocenters. The molecule has 1 fully saturated rings. The van der Waals surface area contributed by atoms with Crippen molar-refractivity contribution in [3.8, 4) is 0 Å². The third-order valence-electron chi connectivity index (χ3n) is 3.94. The minimum Gasteiger partial charge on any atom is -0.365 e. The highest BCUT2D eigenvalue weighted by atomic mass is 16.5. The van der Waals surface area contributed by atoms with Crippen LogP contribution in [-0.4, -0.2) is 37.2 Å². The van der Waals surface area contributed by atoms with Crippen molar-refractivity contribution in [2.75, 3.05) is 20.1 Å². The summed E-state index contributed by atoms with van der Waals surface area (Å²) in [6, 6.07) is 0. The molecule has 0 saturated carbocycles. The van der Waals surface area contributed by atoms with Crippen molar-refractivity contribution in [1.82, 2.24) is 4.90 Å². The molecule has 1 saturated heterocycles. The molecular weight excluding hydrogens is 282 g/mol. The van der Waals surface area contributed by atoms with Gasteiger partial charge in [0.05, 0.1) is 6.10 Å². The first-order valence-corrected chi connectivity index (χ1v) is 8.40. The second-order valence-corrected chi connectivity index (χ2v) is 5.82. The largest absolute Gasteiger partial charge is 0.365 e. The van der Waals surface area contributed by atoms with E-state index in [-0.39, 0.29) is 12.2 Å². The maximum Gasteiger partial charge on any atom is 0.108 e. The molecule has 1 rings (SSSR count). The molecule has 1 aliphatic rings. The van der Waals surface area contributed by atoms with E-state index in [0.717, 1.165) is 37.1 Å². The molecular formula is C21H31NO. The SMILES string of the molecule is C=C/C=C(\C=C/C)C(OC1CCN(C)CC1)C(/C=C\C)=C/C=C. The summed E-state index contributed by atoms with van der Waals surface area (Å²) in [6.45, 7) is 13.9. The van der Waals surface area contributed by atoms with Crippen LogP contribution in [0.15, 0.2) is 72.9 Å². The Bertz CT molecular complexity index is 454. The Labute approximate surface area is 142 Å². The Balaban J connectivity index is 3.08. The lowest BCUT2D eigenvalue weighted by Crippen LogP contribution is -2.36. The van der Waals surface area contributed by atoms with Gasteiger partial charge in [0.1, 0.15) is 6.10 Å². The van der Waals surface area contributed by atoms with Gasteiger partial charge < -0.3 is 9.64 Å². The van der Waals surface area contributed by atoms with E-state index in [4.69, 9.17) is 4.74 Å². The number of hydrogen-bond donors (Lipinski definition) is 0. The molecule has 1 aliphatic heterocycles. The van der Waals surface area contributed by atoms with Gasteiger partial charge in [-0.1, -0.05) is 61.8 Å². The van der Waals surface area contributed by atoms with Crippen LogP contribution in [0, 0.1) is 0 Å². The Hall–Kier alpha value is -1.64. The van der Waals surface area contributed by atoms with Crippen molar-refractivity contribution in [3.05, 3.63) is 72.9 Å². The predicted molar refractivity (Wildman–Crippen MR) is 102 cm³/mol. The average Bonchev–Trinajstić information content (AvgIpc) is 2.54. The van der Waals surface area contributed by atoms with Gasteiger partial charge in [0, 0.05) is 13.1 Å². The summed E-state index contributed by atoms with van der Waals surface area (Å²) < 4.78 is 6.51. The molecule has 0 aromatic rings. The van der Waals surface area contributed by atoms with Gasteiger partial charge >= 0.3 is 0 Å². The molecule has 0 aromatic heterocycles. The standard InChI is InChI=1S/C21H31NO/c1-6-10-18(11-7-2)21(19(12-8-3)13-9-4)23-20-14-16-22(5)17-15-20/h6-13,20-21H,1,3,14-17H2,2,4-5H3/b11-7-,13-9-,18-10+,19-12+. The molecule has 0 unspecified atom stereocenters. The number of nitrogens with zero attached hydrogens (tertiary/aromatic N) is 1. The van der Waals surface area contributed by atoms with Crippen molar-refractivity contribution in [3.63, 3.8) is 0 Å². The lowest BCUT2D eigenvalue weighted by Gasteiger charge is -2.33. The first kappa shape index (κ1) is 19.4. The van der Waals surface area contributed by atoms with Crippen LogP contribution in [0.5, 0.6) is 0 Å². The number of allylic oxidation sites excluding steroid dienone is 6. The zero-order valence-corrected chi connectivity index (χ0v) is 14.9. The van der Waals surface area contributed by atoms with Crippen LogP contribution in [0.3, 0.4) is 0 Å². The van der Waals surface area contributed by atoms with Crippen molar-refractivity contribution in [1.29, 1.82) is 0 Å². The minimum absolute atomic E-state index is 0.0909. The van der Waals surface area contributed by atoms with E-state index in [1.165, 1.54) is 0 Å². The topological polar surface area (TPSA) is 12.5 Å². The molecule has 23 heavy (non-hydrogen) atoms. The van der Waals surface area contributed by atoms with Gasteiger partial charge in [-0.25, -0.2) is 0 Å². The summed E-state index contributed by atoms with van der Waals surface area (Å²) in [6.07, 6.45) is 18.3. The van der Waals surface area contributed by atoms with Crippen molar-refractivity contribution < 1.29 is 4.74 Å². The summed E-state index contributed by atoms with van der Waals surface area (Å²) in [5.74, 6) is 0. The molecule has 0 spiro atoms. The van der Waals surface area contributed by atoms with E-state index in [9.17, 15) is 0 Å². The minimum atomic E-state index is -0.0909. The summed E-state index contributed by atoms with van der Waals surface area (Å²) in [4.78, 5) is 2.35. The van der Waals surface area contributed by atoms with Gasteiger partial charge in [-0.05, 0) is 44.9 Å². The highest BCUT2D eigenvalue weighted by molar-refractivity contribution is 5.40. The molecule has 2 heteroatoms. The quantitative estimate of drug-likeness (QED) is 0.594. The number of rotatable bonds is 8. The van der Waals surface area contributed by atoms with Gasteiger partial charge in [0.15, 0.2) is 0 Å². The van der Waals surface area contributed by atoms with Crippen LogP contribution in [0.2, 0.25) is 0 Å². The lowest BCUT2D eigenvalue weighted by atomic mass is 9.98. The predicted octanol–water partition coefficient (Wildman–Crippen LogP) is 4.84. The zero-order chi connectivity index (χ0) is 17.1. The van der Waals surface area contributed by atoms with Gasteiger partial charge in [0.25, 0.3) is 0 Å². The summed E-state index contributed by atoms with van der Waals surface area (Å²) in [7, 11) is 2.17. The van der Waals surface area contributed by atoms with Crippen LogP contribution in [-0.2, 0) is 4.74 Å². The van der Waals surface area contributed by atoms with Gasteiger partial charge in [0.2, 0.25) is 0 Å². The van der Waals surface area contributed by atoms with E-state index >= 15 is 0 Å². The van der Waals surface area contributed by atoms with Gasteiger partial charge in [-0.15, -0.1) is 0 Å². The first-order chi connectivity index (χ1) is 11.2. The fraction of sp³-hybridized carbons (Fsp3) is 0.429. The van der Waals surface area contributed by atoms with Gasteiger partial charge in [-0.2, -0.15) is 0 Å². The van der Waals surface area contributed by atoms with Crippen LogP contribution in [0.4, 0.5) is 0 Å². The third kappa shape index (κ3) is 6.55. The Morgan fingerprint density at radius 2 is 1.48 bits per heavy atom. The van der Waals surface area contributed by atoms with Crippen LogP contribution >= 0.6 is 0 Å². The van der Waals surface area contributed by atoms with E-state index in [2.05, 4.69) is 37.3 Å². The molecule has 0 N–H and O–H groups in total. The Kier molecular flexibility index (Phi) is 9.27. The number of ether oxygens (including phenoxy) is 1. The van der Waals surface area contributed by atoms with Gasteiger partial charge in [-0.3, -0.25) is 0 Å². The van der Waals surface area contributed by atoms with E-state index in [0.29, 0.717) is 0 Å². The summed E-state index contributed by atoms with van der Waals surface area (Å²) in [5, 5.41) is 0. The lowest BCUT2D eigenvalue weighted by molar-refractivity contribution is -0.00674. The molecule has 1 heterocycles. The fourth-order valence-electron chi connectivity index (χ4n) is 2.78. The smallest absolute Gasteiger partial charge is 0.108 e. The second-order valence-electron chi connectivity index (χ2n) is 5.82. The number of hydrogen-bond acceptors (Lipinski definition) is 2. The van der Waals surface area contributed by atoms with Crippen LogP contribution < -0.4 is 0 Å². The monoisotopic (exact) mass is 313 g/mol. The van der Waals surface area contributed by atoms with E-state index < -0.39 is 0 Å².